The van der Waals surface area contributed by atoms with Crippen molar-refractivity contribution in [1.82, 2.24) is 0 Å². The van der Waals surface area contributed by atoms with Crippen LogP contribution in [0.5, 0.6) is 0 Å². The zero-order chi connectivity index (χ0) is 12.1. The summed E-state index contributed by atoms with van der Waals surface area (Å²) >= 11 is 0. The molecule has 1 aromatic rings. The number of carbonyl (C=O) groups is 1. The van der Waals surface area contributed by atoms with Gasteiger partial charge in [-0.3, -0.25) is 5.32 Å². The summed E-state index contributed by atoms with van der Waals surface area (Å²) in [6.45, 7) is 0. The number of para-hydroxylation sites is 1. The van der Waals surface area contributed by atoms with Crippen LogP contribution in [-0.2, 0) is 4.74 Å². The molecule has 0 heterocycles. The SMILES string of the molecule is O=C(Nc1ccccc1)O[C@@H]1CC2C[C@H]3C1[C@@H]3C2. The minimum Gasteiger partial charge on any atom is -0.446 e. The van der Waals surface area contributed by atoms with Gasteiger partial charge in [0.05, 0.1) is 0 Å². The predicted molar refractivity (Wildman–Crippen MR) is 68.1 cm³/mol. The molecule has 4 aliphatic rings. The average Bonchev–Trinajstić information content (AvgIpc) is 2.94. The Labute approximate surface area is 107 Å². The molecule has 4 aliphatic carbocycles. The van der Waals surface area contributed by atoms with Crippen molar-refractivity contribution in [3.63, 3.8) is 0 Å². The van der Waals surface area contributed by atoms with Gasteiger partial charge < -0.3 is 4.74 Å². The van der Waals surface area contributed by atoms with Crippen molar-refractivity contribution >= 4 is 11.8 Å². The van der Waals surface area contributed by atoms with Gasteiger partial charge in [0.1, 0.15) is 6.10 Å². The zero-order valence-electron chi connectivity index (χ0n) is 10.2. The fourth-order valence-electron chi connectivity index (χ4n) is 4.17. The van der Waals surface area contributed by atoms with E-state index in [9.17, 15) is 4.79 Å². The summed E-state index contributed by atoms with van der Waals surface area (Å²) in [5, 5.41) is 2.80. The minimum absolute atomic E-state index is 0.177. The van der Waals surface area contributed by atoms with Gasteiger partial charge in [-0.05, 0) is 49.1 Å². The Balaban J connectivity index is 1.37. The number of anilines is 1. The molecule has 3 heteroatoms. The monoisotopic (exact) mass is 243 g/mol. The van der Waals surface area contributed by atoms with Gasteiger partial charge in [-0.2, -0.15) is 0 Å². The van der Waals surface area contributed by atoms with Crippen molar-refractivity contribution in [3.8, 4) is 0 Å². The van der Waals surface area contributed by atoms with Gasteiger partial charge in [0.15, 0.2) is 0 Å². The van der Waals surface area contributed by atoms with E-state index in [0.717, 1.165) is 29.9 Å². The summed E-state index contributed by atoms with van der Waals surface area (Å²) in [5.74, 6) is 3.24. The van der Waals surface area contributed by atoms with Crippen LogP contribution in [0.2, 0.25) is 0 Å². The molecule has 4 fully saturated rings. The van der Waals surface area contributed by atoms with Crippen LogP contribution >= 0.6 is 0 Å². The number of fused-ring (bicyclic) bond motifs is 1. The van der Waals surface area contributed by atoms with Crippen LogP contribution in [0.1, 0.15) is 19.3 Å². The van der Waals surface area contributed by atoms with Crippen LogP contribution in [0.25, 0.3) is 0 Å². The van der Waals surface area contributed by atoms with E-state index in [1.807, 2.05) is 30.3 Å². The van der Waals surface area contributed by atoms with Gasteiger partial charge in [-0.1, -0.05) is 18.2 Å². The molecule has 0 spiro atoms. The first-order valence-corrected chi connectivity index (χ1v) is 6.84. The molecule has 0 unspecified atom stereocenters. The van der Waals surface area contributed by atoms with Gasteiger partial charge in [0.25, 0.3) is 0 Å². The van der Waals surface area contributed by atoms with Gasteiger partial charge in [0, 0.05) is 11.6 Å². The molecule has 1 N–H and O–H groups in total. The molecular weight excluding hydrogens is 226 g/mol. The molecule has 4 saturated carbocycles. The third-order valence-corrected chi connectivity index (χ3v) is 4.88. The van der Waals surface area contributed by atoms with Crippen LogP contribution in [0.4, 0.5) is 10.5 Å². The lowest BCUT2D eigenvalue weighted by molar-refractivity contribution is 0.0453. The van der Waals surface area contributed by atoms with E-state index in [0.29, 0.717) is 5.92 Å². The van der Waals surface area contributed by atoms with Gasteiger partial charge in [-0.15, -0.1) is 0 Å². The maximum Gasteiger partial charge on any atom is 0.411 e. The molecular formula is C15H17NO2. The Morgan fingerprint density at radius 3 is 2.50 bits per heavy atom. The first-order valence-electron chi connectivity index (χ1n) is 6.84. The average molecular weight is 243 g/mol. The number of carbonyl (C=O) groups excluding carboxylic acids is 1. The standard InChI is InChI=1S/C15H17NO2/c17-15(16-10-4-2-1-3-5-10)18-13-8-9-6-11-12(7-9)14(11)13/h1-5,9,11-14H,6-8H2,(H,16,17)/t9?,11-,12-,13-,14?/m1/s1. The van der Waals surface area contributed by atoms with Crippen molar-refractivity contribution in [3.05, 3.63) is 30.3 Å². The Morgan fingerprint density at radius 1 is 1.11 bits per heavy atom. The second-order valence-electron chi connectivity index (χ2n) is 5.91. The van der Waals surface area contributed by atoms with Crippen LogP contribution in [0, 0.1) is 23.7 Å². The summed E-state index contributed by atoms with van der Waals surface area (Å²) in [4.78, 5) is 11.8. The molecule has 5 rings (SSSR count). The van der Waals surface area contributed by atoms with Crippen molar-refractivity contribution in [2.45, 2.75) is 25.4 Å². The molecule has 1 aromatic carbocycles. The number of hydrogen-bond donors (Lipinski definition) is 1. The smallest absolute Gasteiger partial charge is 0.411 e. The van der Waals surface area contributed by atoms with Crippen LogP contribution in [0.15, 0.2) is 30.3 Å². The lowest BCUT2D eigenvalue weighted by Crippen LogP contribution is -2.32. The molecule has 0 aromatic heterocycles. The molecule has 0 saturated heterocycles. The maximum atomic E-state index is 11.8. The first-order chi connectivity index (χ1) is 8.81. The van der Waals surface area contributed by atoms with Crippen molar-refractivity contribution in [1.29, 1.82) is 0 Å². The van der Waals surface area contributed by atoms with E-state index in [1.54, 1.807) is 0 Å². The van der Waals surface area contributed by atoms with Crippen molar-refractivity contribution in [2.24, 2.45) is 23.7 Å². The van der Waals surface area contributed by atoms with Crippen molar-refractivity contribution < 1.29 is 9.53 Å². The van der Waals surface area contributed by atoms with Crippen LogP contribution in [0.3, 0.4) is 0 Å². The first kappa shape index (κ1) is 10.4. The topological polar surface area (TPSA) is 38.3 Å². The Hall–Kier alpha value is -1.51. The van der Waals surface area contributed by atoms with E-state index < -0.39 is 0 Å². The Bertz CT molecular complexity index is 461. The summed E-state index contributed by atoms with van der Waals surface area (Å²) in [6, 6.07) is 9.49. The number of rotatable bonds is 2. The zero-order valence-corrected chi connectivity index (χ0v) is 10.2. The quantitative estimate of drug-likeness (QED) is 0.865. The summed E-state index contributed by atoms with van der Waals surface area (Å²) in [7, 11) is 0. The summed E-state index contributed by atoms with van der Waals surface area (Å²) in [5.41, 5.74) is 0.802. The van der Waals surface area contributed by atoms with Crippen LogP contribution < -0.4 is 5.32 Å². The highest BCUT2D eigenvalue weighted by molar-refractivity contribution is 5.84. The lowest BCUT2D eigenvalue weighted by Gasteiger charge is -2.30. The molecule has 1 amide bonds. The van der Waals surface area contributed by atoms with Gasteiger partial charge in [0.2, 0.25) is 0 Å². The highest BCUT2D eigenvalue weighted by Gasteiger charge is 2.64. The number of ether oxygens (including phenoxy) is 1. The predicted octanol–water partition coefficient (Wildman–Crippen LogP) is 3.28. The van der Waals surface area contributed by atoms with E-state index in [1.165, 1.54) is 12.8 Å². The Morgan fingerprint density at radius 2 is 1.83 bits per heavy atom. The molecule has 3 nitrogen and oxygen atoms in total. The summed E-state index contributed by atoms with van der Waals surface area (Å²) < 4.78 is 5.60. The second-order valence-corrected chi connectivity index (χ2v) is 5.91. The highest BCUT2D eigenvalue weighted by Crippen LogP contribution is 2.67. The van der Waals surface area contributed by atoms with E-state index >= 15 is 0 Å². The molecule has 94 valence electrons. The highest BCUT2D eigenvalue weighted by atomic mass is 16.6. The summed E-state index contributed by atoms with van der Waals surface area (Å²) in [6.07, 6.45) is 3.74. The lowest BCUT2D eigenvalue weighted by atomic mass is 9.83. The van der Waals surface area contributed by atoms with Crippen LogP contribution in [-0.4, -0.2) is 12.2 Å². The van der Waals surface area contributed by atoms with Crippen molar-refractivity contribution in [2.75, 3.05) is 5.32 Å². The number of benzene rings is 1. The Kier molecular flexibility index (Phi) is 2.16. The maximum absolute atomic E-state index is 11.8. The van der Waals surface area contributed by atoms with Gasteiger partial charge in [-0.25, -0.2) is 4.79 Å². The largest absolute Gasteiger partial charge is 0.446 e. The van der Waals surface area contributed by atoms with E-state index in [2.05, 4.69) is 5.32 Å². The van der Waals surface area contributed by atoms with E-state index in [4.69, 9.17) is 4.74 Å². The minimum atomic E-state index is -0.293. The fourth-order valence-corrected chi connectivity index (χ4v) is 4.17. The molecule has 3 atom stereocenters. The number of nitrogens with one attached hydrogen (secondary N) is 1. The molecule has 4 bridgehead atoms. The third-order valence-electron chi connectivity index (χ3n) is 4.88. The fraction of sp³-hybridized carbons (Fsp3) is 0.533. The second kappa shape index (κ2) is 3.74. The number of amides is 1. The molecule has 18 heavy (non-hydrogen) atoms. The molecule has 0 aliphatic heterocycles. The number of hydrogen-bond acceptors (Lipinski definition) is 2. The normalized spacial score (nSPS) is 39.2. The van der Waals surface area contributed by atoms with Gasteiger partial charge >= 0.3 is 6.09 Å². The van der Waals surface area contributed by atoms with E-state index in [-0.39, 0.29) is 12.2 Å². The molecule has 0 radical (unpaired) electrons. The third kappa shape index (κ3) is 1.61.